The van der Waals surface area contributed by atoms with E-state index < -0.39 is 23.7 Å². The Morgan fingerprint density at radius 2 is 1.95 bits per heavy atom. The van der Waals surface area contributed by atoms with E-state index in [1.165, 1.54) is 6.07 Å². The van der Waals surface area contributed by atoms with Gasteiger partial charge in [-0.05, 0) is 24.6 Å². The lowest BCUT2D eigenvalue weighted by Crippen LogP contribution is -2.36. The van der Waals surface area contributed by atoms with Crippen LogP contribution in [0, 0.1) is 6.92 Å². The fourth-order valence-electron chi connectivity index (χ4n) is 1.47. The van der Waals surface area contributed by atoms with Crippen LogP contribution in [-0.4, -0.2) is 36.8 Å². The van der Waals surface area contributed by atoms with Crippen molar-refractivity contribution in [3.05, 3.63) is 23.8 Å². The summed E-state index contributed by atoms with van der Waals surface area (Å²) in [6.07, 6.45) is -4.30. The van der Waals surface area contributed by atoms with E-state index >= 15 is 0 Å². The van der Waals surface area contributed by atoms with Crippen LogP contribution in [-0.2, 0) is 9.59 Å². The van der Waals surface area contributed by atoms with Crippen molar-refractivity contribution >= 4 is 29.3 Å². The summed E-state index contributed by atoms with van der Waals surface area (Å²) < 4.78 is 36.9. The predicted octanol–water partition coefficient (Wildman–Crippen LogP) is 1.66. The molecule has 5 nitrogen and oxygen atoms in total. The number of benzene rings is 1. The molecule has 0 aliphatic heterocycles. The summed E-state index contributed by atoms with van der Waals surface area (Å²) >= 11 is 0.587. The Kier molecular flexibility index (Phi) is 6.69. The van der Waals surface area contributed by atoms with Crippen LogP contribution in [0.2, 0.25) is 0 Å². The van der Waals surface area contributed by atoms with Crippen molar-refractivity contribution in [1.29, 1.82) is 0 Å². The average molecular weight is 335 g/mol. The monoisotopic (exact) mass is 335 g/mol. The number of hydrogen-bond acceptors (Lipinski definition) is 4. The minimum atomic E-state index is -4.30. The van der Waals surface area contributed by atoms with E-state index in [4.69, 9.17) is 5.73 Å². The van der Waals surface area contributed by atoms with E-state index in [2.05, 4.69) is 10.6 Å². The van der Waals surface area contributed by atoms with E-state index in [0.29, 0.717) is 16.7 Å². The Hall–Kier alpha value is -1.74. The Bertz CT molecular complexity index is 550. The van der Waals surface area contributed by atoms with E-state index in [1.54, 1.807) is 19.1 Å². The lowest BCUT2D eigenvalue weighted by molar-refractivity contribution is -0.123. The Morgan fingerprint density at radius 1 is 1.27 bits per heavy atom. The second-order valence-corrected chi connectivity index (χ2v) is 5.45. The van der Waals surface area contributed by atoms with Gasteiger partial charge in [0.2, 0.25) is 11.8 Å². The first-order valence-electron chi connectivity index (χ1n) is 6.28. The van der Waals surface area contributed by atoms with E-state index in [1.807, 2.05) is 0 Å². The summed E-state index contributed by atoms with van der Waals surface area (Å²) in [6, 6.07) is 4.74. The number of thioether (sulfide) groups is 1. The summed E-state index contributed by atoms with van der Waals surface area (Å²) in [5.74, 6) is -2.09. The molecular formula is C13H16F3N3O2S. The number of alkyl halides is 3. The van der Waals surface area contributed by atoms with Crippen LogP contribution in [0.1, 0.15) is 5.56 Å². The Balaban J connectivity index is 2.73. The molecule has 0 aliphatic rings. The molecule has 4 N–H and O–H groups in total. The number of aryl methyl sites for hydroxylation is 1. The molecule has 9 heteroatoms. The molecular weight excluding hydrogens is 319 g/mol. The number of carbonyl (C=O) groups excluding carboxylic acids is 2. The summed E-state index contributed by atoms with van der Waals surface area (Å²) in [5, 5.41) is 4.76. The number of amides is 2. The third-order valence-corrected chi connectivity index (χ3v) is 3.57. The van der Waals surface area contributed by atoms with E-state index in [9.17, 15) is 22.8 Å². The smallest absolute Gasteiger partial charge is 0.346 e. The van der Waals surface area contributed by atoms with Crippen molar-refractivity contribution in [3.8, 4) is 0 Å². The minimum absolute atomic E-state index is 0.246. The highest BCUT2D eigenvalue weighted by Gasteiger charge is 2.27. The molecule has 0 aromatic heterocycles. The summed E-state index contributed by atoms with van der Waals surface area (Å²) in [7, 11) is 0. The van der Waals surface area contributed by atoms with Crippen LogP contribution in [0.3, 0.4) is 0 Å². The first-order valence-corrected chi connectivity index (χ1v) is 7.26. The van der Waals surface area contributed by atoms with Gasteiger partial charge in [0, 0.05) is 4.90 Å². The highest BCUT2D eigenvalue weighted by molar-refractivity contribution is 7.99. The normalized spacial score (nSPS) is 11.1. The molecule has 0 saturated carbocycles. The van der Waals surface area contributed by atoms with Gasteiger partial charge < -0.3 is 16.4 Å². The number of halogens is 3. The summed E-state index contributed by atoms with van der Waals surface area (Å²) in [4.78, 5) is 23.0. The van der Waals surface area contributed by atoms with Crippen LogP contribution in [0.25, 0.3) is 0 Å². The second kappa shape index (κ2) is 8.04. The fourth-order valence-corrected chi connectivity index (χ4v) is 2.22. The highest BCUT2D eigenvalue weighted by atomic mass is 32.2. The molecule has 1 aromatic carbocycles. The van der Waals surface area contributed by atoms with Crippen LogP contribution in [0.4, 0.5) is 18.9 Å². The molecule has 0 fully saturated rings. The largest absolute Gasteiger partial charge is 0.398 e. The molecule has 0 spiro atoms. The van der Waals surface area contributed by atoms with Crippen molar-refractivity contribution in [3.63, 3.8) is 0 Å². The van der Waals surface area contributed by atoms with E-state index in [0.717, 1.165) is 5.56 Å². The summed E-state index contributed by atoms with van der Waals surface area (Å²) in [6.45, 7) is 1.21. The van der Waals surface area contributed by atoms with Crippen LogP contribution in [0.15, 0.2) is 23.1 Å². The maximum Gasteiger partial charge on any atom is 0.398 e. The Labute approximate surface area is 129 Å². The average Bonchev–Trinajstić information content (AvgIpc) is 2.42. The van der Waals surface area contributed by atoms with Gasteiger partial charge in [-0.2, -0.15) is 13.2 Å². The molecule has 1 rings (SSSR count). The number of rotatable bonds is 6. The molecule has 122 valence electrons. The molecule has 0 unspecified atom stereocenters. The van der Waals surface area contributed by atoms with Gasteiger partial charge in [-0.15, -0.1) is 11.8 Å². The van der Waals surface area contributed by atoms with Crippen LogP contribution < -0.4 is 16.4 Å². The van der Waals surface area contributed by atoms with Gasteiger partial charge in [0.25, 0.3) is 0 Å². The number of nitrogens with one attached hydrogen (secondary N) is 2. The third-order valence-electron chi connectivity index (χ3n) is 2.43. The molecule has 0 bridgehead atoms. The Morgan fingerprint density at radius 3 is 2.55 bits per heavy atom. The molecule has 0 saturated heterocycles. The first-order chi connectivity index (χ1) is 10.2. The zero-order valence-electron chi connectivity index (χ0n) is 11.8. The molecule has 0 heterocycles. The quantitative estimate of drug-likeness (QED) is 0.691. The molecule has 1 aromatic rings. The molecule has 0 atom stereocenters. The van der Waals surface area contributed by atoms with Gasteiger partial charge in [0.15, 0.2) is 0 Å². The third kappa shape index (κ3) is 6.81. The maximum atomic E-state index is 12.3. The minimum Gasteiger partial charge on any atom is -0.346 e. The van der Waals surface area contributed by atoms with Crippen molar-refractivity contribution in [2.75, 3.05) is 24.2 Å². The highest BCUT2D eigenvalue weighted by Crippen LogP contribution is 2.32. The van der Waals surface area contributed by atoms with Crippen molar-refractivity contribution in [1.82, 2.24) is 5.32 Å². The fraction of sp³-hybridized carbons (Fsp3) is 0.385. The van der Waals surface area contributed by atoms with Crippen molar-refractivity contribution in [2.24, 2.45) is 5.73 Å². The summed E-state index contributed by atoms with van der Waals surface area (Å²) in [5.41, 5.74) is 6.15. The number of anilines is 1. The maximum absolute atomic E-state index is 12.3. The second-order valence-electron chi connectivity index (χ2n) is 4.43. The number of carbonyl (C=O) groups is 2. The van der Waals surface area contributed by atoms with Gasteiger partial charge in [0.05, 0.1) is 24.5 Å². The van der Waals surface area contributed by atoms with Gasteiger partial charge in [-0.1, -0.05) is 6.07 Å². The van der Waals surface area contributed by atoms with Gasteiger partial charge in [0.1, 0.15) is 0 Å². The van der Waals surface area contributed by atoms with Crippen molar-refractivity contribution in [2.45, 2.75) is 18.0 Å². The predicted molar refractivity (Wildman–Crippen MR) is 78.7 cm³/mol. The van der Waals surface area contributed by atoms with Gasteiger partial charge in [-0.25, -0.2) is 0 Å². The van der Waals surface area contributed by atoms with Crippen LogP contribution >= 0.6 is 11.8 Å². The SMILES string of the molecule is Cc1ccc(SCC(F)(F)F)c(NC(=O)CNC(=O)CN)c1. The standard InChI is InChI=1S/C13H16F3N3O2S/c1-8-2-3-10(22-7-13(14,15)16)9(4-8)19-12(21)6-18-11(20)5-17/h2-4H,5-7,17H2,1H3,(H,18,20)(H,19,21). The number of nitrogens with two attached hydrogens (primary N) is 1. The zero-order valence-corrected chi connectivity index (χ0v) is 12.6. The zero-order chi connectivity index (χ0) is 16.8. The topological polar surface area (TPSA) is 84.2 Å². The molecule has 0 radical (unpaired) electrons. The first kappa shape index (κ1) is 18.3. The molecule has 22 heavy (non-hydrogen) atoms. The lowest BCUT2D eigenvalue weighted by atomic mass is 10.2. The lowest BCUT2D eigenvalue weighted by Gasteiger charge is -2.13. The molecule has 2 amide bonds. The van der Waals surface area contributed by atoms with Crippen molar-refractivity contribution < 1.29 is 22.8 Å². The van der Waals surface area contributed by atoms with Gasteiger partial charge >= 0.3 is 6.18 Å². The van der Waals surface area contributed by atoms with Gasteiger partial charge in [-0.3, -0.25) is 9.59 Å². The number of hydrogen-bond donors (Lipinski definition) is 3. The van der Waals surface area contributed by atoms with E-state index in [-0.39, 0.29) is 18.8 Å². The molecule has 0 aliphatic carbocycles. The van der Waals surface area contributed by atoms with Crippen LogP contribution in [0.5, 0.6) is 0 Å².